The first-order chi connectivity index (χ1) is 4.61. The van der Waals surface area contributed by atoms with E-state index in [9.17, 15) is 8.42 Å². The fraction of sp³-hybridized carbons (Fsp3) is 0.667. The molecule has 1 N–H and O–H groups in total. The second-order valence-corrected chi connectivity index (χ2v) is 4.57. The van der Waals surface area contributed by atoms with Crippen LogP contribution in [0.5, 0.6) is 0 Å². The van der Waals surface area contributed by atoms with Crippen molar-refractivity contribution >= 4 is 9.84 Å². The van der Waals surface area contributed by atoms with E-state index in [1.54, 1.807) is 0 Å². The Bertz CT molecular complexity index is 230. The van der Waals surface area contributed by atoms with E-state index in [-0.39, 0.29) is 0 Å². The predicted octanol–water partition coefficient (Wildman–Crippen LogP) is -0.290. The van der Waals surface area contributed by atoms with Gasteiger partial charge < -0.3 is 0 Å². The molecule has 57 valence electrons. The van der Waals surface area contributed by atoms with Crippen LogP contribution in [0.1, 0.15) is 6.42 Å². The molecule has 0 spiro atoms. The van der Waals surface area contributed by atoms with Crippen molar-refractivity contribution in [3.8, 4) is 0 Å². The third-order valence-electron chi connectivity index (χ3n) is 1.41. The van der Waals surface area contributed by atoms with E-state index in [4.69, 9.17) is 0 Å². The van der Waals surface area contributed by atoms with E-state index in [2.05, 4.69) is 11.4 Å². The van der Waals surface area contributed by atoms with Gasteiger partial charge in [-0.25, -0.2) is 8.42 Å². The maximum atomic E-state index is 10.9. The van der Waals surface area contributed by atoms with Crippen LogP contribution in [-0.2, 0) is 9.84 Å². The summed E-state index contributed by atoms with van der Waals surface area (Å²) in [4.78, 5) is 0. The van der Waals surface area contributed by atoms with Crippen LogP contribution in [0.3, 0.4) is 0 Å². The van der Waals surface area contributed by atoms with Crippen molar-refractivity contribution in [2.24, 2.45) is 0 Å². The topological polar surface area (TPSA) is 46.2 Å². The summed E-state index contributed by atoms with van der Waals surface area (Å²) >= 11 is 0. The van der Waals surface area contributed by atoms with Crippen LogP contribution >= 0.6 is 0 Å². The lowest BCUT2D eigenvalue weighted by Gasteiger charge is -2.16. The maximum absolute atomic E-state index is 10.9. The molecule has 0 saturated carbocycles. The van der Waals surface area contributed by atoms with Gasteiger partial charge in [0.2, 0.25) is 0 Å². The first kappa shape index (κ1) is 7.75. The van der Waals surface area contributed by atoms with Crippen LogP contribution in [-0.4, -0.2) is 26.6 Å². The zero-order valence-electron chi connectivity index (χ0n) is 5.79. The van der Waals surface area contributed by atoms with Gasteiger partial charge in [-0.3, -0.25) is 5.32 Å². The fourth-order valence-corrected chi connectivity index (χ4v) is 1.63. The van der Waals surface area contributed by atoms with Gasteiger partial charge >= 0.3 is 0 Å². The van der Waals surface area contributed by atoms with Crippen LogP contribution in [0.4, 0.5) is 0 Å². The summed E-state index contributed by atoms with van der Waals surface area (Å²) < 4.78 is 21.7. The molecule has 1 rings (SSSR count). The van der Waals surface area contributed by atoms with Crippen molar-refractivity contribution in [3.63, 3.8) is 0 Å². The Balaban J connectivity index is 2.67. The summed E-state index contributed by atoms with van der Waals surface area (Å²) in [5, 5.41) is 2.43. The van der Waals surface area contributed by atoms with Crippen LogP contribution in [0, 0.1) is 6.08 Å². The summed E-state index contributed by atoms with van der Waals surface area (Å²) in [5.41, 5.74) is 0. The van der Waals surface area contributed by atoms with E-state index in [0.29, 0.717) is 13.0 Å². The highest BCUT2D eigenvalue weighted by Gasteiger charge is 2.19. The third kappa shape index (κ3) is 1.82. The Kier molecular flexibility index (Phi) is 2.11. The minimum absolute atomic E-state index is 0.419. The molecule has 0 aliphatic carbocycles. The smallest absolute Gasteiger partial charge is 0.163 e. The summed E-state index contributed by atoms with van der Waals surface area (Å²) in [6.07, 6.45) is 6.39. The molecule has 0 aromatic heterocycles. The molecule has 0 bridgehead atoms. The van der Waals surface area contributed by atoms with Crippen molar-refractivity contribution in [3.05, 3.63) is 12.2 Å². The van der Waals surface area contributed by atoms with Gasteiger partial charge in [-0.1, -0.05) is 6.08 Å². The average molecular weight is 160 g/mol. The van der Waals surface area contributed by atoms with Gasteiger partial charge in [-0.05, 0) is 6.08 Å². The average Bonchev–Trinajstić information content (AvgIpc) is 1.88. The van der Waals surface area contributed by atoms with Crippen LogP contribution in [0.25, 0.3) is 0 Å². The van der Waals surface area contributed by atoms with Crippen molar-refractivity contribution in [1.29, 1.82) is 0 Å². The minimum Gasteiger partial charge on any atom is -0.297 e. The highest BCUT2D eigenvalue weighted by atomic mass is 32.2. The second-order valence-electron chi connectivity index (χ2n) is 2.34. The summed E-state index contributed by atoms with van der Waals surface area (Å²) in [6.45, 7) is 0.609. The van der Waals surface area contributed by atoms with Crippen molar-refractivity contribution in [1.82, 2.24) is 5.32 Å². The minimum atomic E-state index is -2.92. The molecule has 1 heterocycles. The Morgan fingerprint density at radius 2 is 2.40 bits per heavy atom. The molecule has 1 unspecified atom stereocenters. The van der Waals surface area contributed by atoms with E-state index in [1.807, 2.05) is 6.08 Å². The Morgan fingerprint density at radius 3 is 2.70 bits per heavy atom. The molecule has 0 aromatic rings. The lowest BCUT2D eigenvalue weighted by atomic mass is 10.3. The monoisotopic (exact) mass is 160 g/mol. The molecule has 0 aromatic carbocycles. The number of rotatable bonds is 1. The van der Waals surface area contributed by atoms with Crippen LogP contribution in [0.2, 0.25) is 0 Å². The first-order valence-electron chi connectivity index (χ1n) is 3.08. The number of nitrogens with one attached hydrogen (secondary N) is 1. The highest BCUT2D eigenvalue weighted by Crippen LogP contribution is 2.04. The first-order valence-corrected chi connectivity index (χ1v) is 5.03. The fourth-order valence-electron chi connectivity index (χ4n) is 0.828. The van der Waals surface area contributed by atoms with Gasteiger partial charge in [0, 0.05) is 19.2 Å². The zero-order chi connectivity index (χ0) is 7.61. The number of hydrogen-bond acceptors (Lipinski definition) is 3. The number of hydrogen-bond donors (Lipinski definition) is 1. The van der Waals surface area contributed by atoms with Crippen LogP contribution in [0.15, 0.2) is 6.08 Å². The maximum Gasteiger partial charge on any atom is 0.163 e. The molecule has 1 aliphatic rings. The molecule has 4 heteroatoms. The van der Waals surface area contributed by atoms with Crippen molar-refractivity contribution in [2.45, 2.75) is 11.8 Å². The van der Waals surface area contributed by atoms with Crippen LogP contribution < -0.4 is 5.32 Å². The lowest BCUT2D eigenvalue weighted by molar-refractivity contribution is 0.556. The van der Waals surface area contributed by atoms with Gasteiger partial charge in [-0.2, -0.15) is 0 Å². The quantitative estimate of drug-likeness (QED) is 0.573. The lowest BCUT2D eigenvalue weighted by Crippen LogP contribution is -2.37. The molecule has 0 amide bonds. The summed E-state index contributed by atoms with van der Waals surface area (Å²) in [5.74, 6) is 0. The van der Waals surface area contributed by atoms with E-state index < -0.39 is 15.2 Å². The molecular formula is C6H10NO2S. The Labute approximate surface area is 61.0 Å². The standard InChI is InChI=1S/C6H10NO2S/c1-10(8,9)6-4-2-3-5-7-6/h3,6-7H,4-5H2,1H3. The molecule has 0 fully saturated rings. The second kappa shape index (κ2) is 2.72. The zero-order valence-corrected chi connectivity index (χ0v) is 6.61. The summed E-state index contributed by atoms with van der Waals surface area (Å²) in [7, 11) is -2.92. The summed E-state index contributed by atoms with van der Waals surface area (Å²) in [6, 6.07) is 0. The van der Waals surface area contributed by atoms with Gasteiger partial charge in [0.1, 0.15) is 5.37 Å². The molecule has 1 radical (unpaired) electrons. The van der Waals surface area contributed by atoms with E-state index in [0.717, 1.165) is 0 Å². The molecule has 3 nitrogen and oxygen atoms in total. The molecule has 10 heavy (non-hydrogen) atoms. The van der Waals surface area contributed by atoms with Crippen molar-refractivity contribution in [2.75, 3.05) is 12.8 Å². The van der Waals surface area contributed by atoms with E-state index >= 15 is 0 Å². The molecular weight excluding hydrogens is 150 g/mol. The Morgan fingerprint density at radius 1 is 1.70 bits per heavy atom. The largest absolute Gasteiger partial charge is 0.297 e. The normalized spacial score (nSPS) is 26.7. The predicted molar refractivity (Wildman–Crippen MR) is 39.1 cm³/mol. The van der Waals surface area contributed by atoms with Gasteiger partial charge in [-0.15, -0.1) is 0 Å². The highest BCUT2D eigenvalue weighted by molar-refractivity contribution is 7.91. The SMILES string of the molecule is CS(=O)(=O)C1C[C]=CCN1. The number of sulfone groups is 1. The van der Waals surface area contributed by atoms with Crippen molar-refractivity contribution < 1.29 is 8.42 Å². The third-order valence-corrected chi connectivity index (χ3v) is 2.78. The molecule has 1 aliphatic heterocycles. The molecule has 0 saturated heterocycles. The van der Waals surface area contributed by atoms with Gasteiger partial charge in [0.15, 0.2) is 9.84 Å². The van der Waals surface area contributed by atoms with Gasteiger partial charge in [0.25, 0.3) is 0 Å². The van der Waals surface area contributed by atoms with Gasteiger partial charge in [0.05, 0.1) is 0 Å². The Hall–Kier alpha value is -0.350. The molecule has 1 atom stereocenters. The van der Waals surface area contributed by atoms with E-state index in [1.165, 1.54) is 6.26 Å².